The molecular formula is C17H30N6. The molecule has 0 radical (unpaired) electrons. The van der Waals surface area contributed by atoms with Crippen LogP contribution in [0.5, 0.6) is 0 Å². The topological polar surface area (TPSA) is 47.5 Å². The number of rotatable bonds is 5. The Balaban J connectivity index is 1.51. The van der Waals surface area contributed by atoms with E-state index in [9.17, 15) is 0 Å². The molecule has 0 aliphatic carbocycles. The zero-order chi connectivity index (χ0) is 16.1. The van der Waals surface area contributed by atoms with Gasteiger partial charge in [-0.15, -0.1) is 0 Å². The van der Waals surface area contributed by atoms with Crippen LogP contribution in [0.2, 0.25) is 0 Å². The molecule has 2 fully saturated rings. The monoisotopic (exact) mass is 318 g/mol. The van der Waals surface area contributed by atoms with Gasteiger partial charge in [-0.2, -0.15) is 0 Å². The van der Waals surface area contributed by atoms with E-state index in [1.807, 2.05) is 0 Å². The summed E-state index contributed by atoms with van der Waals surface area (Å²) in [4.78, 5) is 16.2. The van der Waals surface area contributed by atoms with Gasteiger partial charge >= 0.3 is 0 Å². The smallest absolute Gasteiger partial charge is 0.134 e. The minimum absolute atomic E-state index is 0.525. The lowest BCUT2D eigenvalue weighted by Gasteiger charge is -2.36. The SMILES string of the molecule is CC(CNc1cc(N2CCCCC2)ncn1)N1CCN(C)CC1. The normalized spacial score (nSPS) is 22.1. The molecule has 1 aromatic rings. The van der Waals surface area contributed by atoms with E-state index in [0.29, 0.717) is 6.04 Å². The van der Waals surface area contributed by atoms with Crippen LogP contribution in [-0.2, 0) is 0 Å². The predicted octanol–water partition coefficient (Wildman–Crippen LogP) is 1.51. The van der Waals surface area contributed by atoms with E-state index < -0.39 is 0 Å². The Labute approximate surface area is 139 Å². The zero-order valence-corrected chi connectivity index (χ0v) is 14.5. The van der Waals surface area contributed by atoms with Crippen LogP contribution in [0, 0.1) is 0 Å². The Morgan fingerprint density at radius 2 is 1.78 bits per heavy atom. The number of aromatic nitrogens is 2. The lowest BCUT2D eigenvalue weighted by Crippen LogP contribution is -2.49. The Hall–Kier alpha value is -1.40. The average Bonchev–Trinajstić information content (AvgIpc) is 2.61. The Bertz CT molecular complexity index is 480. The number of nitrogens with zero attached hydrogens (tertiary/aromatic N) is 5. The third-order valence-corrected chi connectivity index (χ3v) is 5.07. The Morgan fingerprint density at radius 1 is 1.04 bits per heavy atom. The van der Waals surface area contributed by atoms with E-state index >= 15 is 0 Å². The van der Waals surface area contributed by atoms with Crippen LogP contribution in [-0.4, -0.2) is 78.7 Å². The molecule has 6 nitrogen and oxygen atoms in total. The quantitative estimate of drug-likeness (QED) is 0.888. The molecule has 0 aromatic carbocycles. The lowest BCUT2D eigenvalue weighted by molar-refractivity contribution is 0.123. The Kier molecular flexibility index (Phi) is 5.67. The predicted molar refractivity (Wildman–Crippen MR) is 95.1 cm³/mol. The fourth-order valence-corrected chi connectivity index (χ4v) is 3.38. The van der Waals surface area contributed by atoms with Gasteiger partial charge in [0, 0.05) is 57.9 Å². The van der Waals surface area contributed by atoms with E-state index in [4.69, 9.17) is 0 Å². The molecule has 0 spiro atoms. The molecule has 1 unspecified atom stereocenters. The largest absolute Gasteiger partial charge is 0.368 e. The number of likely N-dealkylation sites (N-methyl/N-ethyl adjacent to an activating group) is 1. The molecule has 0 bridgehead atoms. The van der Waals surface area contributed by atoms with Crippen LogP contribution in [0.25, 0.3) is 0 Å². The summed E-state index contributed by atoms with van der Waals surface area (Å²) < 4.78 is 0. The van der Waals surface area contributed by atoms with Crippen LogP contribution < -0.4 is 10.2 Å². The van der Waals surface area contributed by atoms with Crippen molar-refractivity contribution in [3.63, 3.8) is 0 Å². The van der Waals surface area contributed by atoms with Gasteiger partial charge in [0.1, 0.15) is 18.0 Å². The van der Waals surface area contributed by atoms with Gasteiger partial charge in [-0.25, -0.2) is 9.97 Å². The molecule has 2 aliphatic heterocycles. The summed E-state index contributed by atoms with van der Waals surface area (Å²) in [6.07, 6.45) is 5.57. The molecule has 2 aliphatic rings. The second-order valence-corrected chi connectivity index (χ2v) is 6.88. The molecule has 2 saturated heterocycles. The van der Waals surface area contributed by atoms with Gasteiger partial charge in [0.25, 0.3) is 0 Å². The standard InChI is InChI=1S/C17H30N6/c1-15(22-10-8-21(2)9-11-22)13-18-16-12-17(20-14-19-16)23-6-4-3-5-7-23/h12,14-15H,3-11,13H2,1-2H3,(H,18,19,20). The van der Waals surface area contributed by atoms with Crippen molar-refractivity contribution in [1.29, 1.82) is 0 Å². The fraction of sp³-hybridized carbons (Fsp3) is 0.765. The van der Waals surface area contributed by atoms with Gasteiger partial charge in [-0.05, 0) is 33.2 Å². The summed E-state index contributed by atoms with van der Waals surface area (Å²) in [5.74, 6) is 2.01. The molecule has 3 heterocycles. The summed E-state index contributed by atoms with van der Waals surface area (Å²) in [6.45, 7) is 10.1. The number of nitrogens with one attached hydrogen (secondary N) is 1. The molecule has 3 rings (SSSR count). The molecule has 23 heavy (non-hydrogen) atoms. The van der Waals surface area contributed by atoms with Crippen molar-refractivity contribution in [1.82, 2.24) is 19.8 Å². The van der Waals surface area contributed by atoms with E-state index in [-0.39, 0.29) is 0 Å². The van der Waals surface area contributed by atoms with Gasteiger partial charge in [-0.1, -0.05) is 0 Å². The number of anilines is 2. The van der Waals surface area contributed by atoms with E-state index in [2.05, 4.69) is 50.0 Å². The summed E-state index contributed by atoms with van der Waals surface area (Å²) in [5.41, 5.74) is 0. The van der Waals surface area contributed by atoms with E-state index in [1.165, 1.54) is 19.3 Å². The van der Waals surface area contributed by atoms with Crippen molar-refractivity contribution in [2.45, 2.75) is 32.2 Å². The van der Waals surface area contributed by atoms with E-state index in [0.717, 1.165) is 57.4 Å². The zero-order valence-electron chi connectivity index (χ0n) is 14.5. The van der Waals surface area contributed by atoms with Crippen LogP contribution in [0.1, 0.15) is 26.2 Å². The minimum Gasteiger partial charge on any atom is -0.368 e. The second kappa shape index (κ2) is 7.93. The van der Waals surface area contributed by atoms with Crippen LogP contribution in [0.15, 0.2) is 12.4 Å². The number of hydrogen-bond acceptors (Lipinski definition) is 6. The summed E-state index contributed by atoms with van der Waals surface area (Å²) in [5, 5.41) is 3.50. The summed E-state index contributed by atoms with van der Waals surface area (Å²) >= 11 is 0. The Morgan fingerprint density at radius 3 is 2.52 bits per heavy atom. The van der Waals surface area contributed by atoms with Gasteiger partial charge in [0.15, 0.2) is 0 Å². The van der Waals surface area contributed by atoms with Crippen molar-refractivity contribution in [2.75, 3.05) is 63.1 Å². The van der Waals surface area contributed by atoms with Crippen molar-refractivity contribution in [3.05, 3.63) is 12.4 Å². The van der Waals surface area contributed by atoms with Crippen molar-refractivity contribution in [2.24, 2.45) is 0 Å². The molecule has 6 heteroatoms. The van der Waals surface area contributed by atoms with Crippen molar-refractivity contribution < 1.29 is 0 Å². The fourth-order valence-electron chi connectivity index (χ4n) is 3.38. The van der Waals surface area contributed by atoms with Gasteiger partial charge in [0.05, 0.1) is 0 Å². The highest BCUT2D eigenvalue weighted by Gasteiger charge is 2.19. The molecule has 1 aromatic heterocycles. The molecule has 1 atom stereocenters. The van der Waals surface area contributed by atoms with Gasteiger partial charge in [0.2, 0.25) is 0 Å². The first-order valence-electron chi connectivity index (χ1n) is 8.96. The van der Waals surface area contributed by atoms with Crippen LogP contribution >= 0.6 is 0 Å². The third-order valence-electron chi connectivity index (χ3n) is 5.07. The first kappa shape index (κ1) is 16.5. The number of piperazine rings is 1. The number of piperidine rings is 1. The highest BCUT2D eigenvalue weighted by molar-refractivity contribution is 5.48. The second-order valence-electron chi connectivity index (χ2n) is 6.88. The van der Waals surface area contributed by atoms with Gasteiger partial charge in [-0.3, -0.25) is 4.90 Å². The third kappa shape index (κ3) is 4.54. The van der Waals surface area contributed by atoms with Gasteiger partial charge < -0.3 is 15.1 Å². The molecule has 0 amide bonds. The van der Waals surface area contributed by atoms with Crippen LogP contribution in [0.4, 0.5) is 11.6 Å². The number of hydrogen-bond donors (Lipinski definition) is 1. The average molecular weight is 318 g/mol. The van der Waals surface area contributed by atoms with Crippen molar-refractivity contribution >= 4 is 11.6 Å². The first-order valence-corrected chi connectivity index (χ1v) is 8.96. The summed E-state index contributed by atoms with van der Waals surface area (Å²) in [6, 6.07) is 2.62. The minimum atomic E-state index is 0.525. The van der Waals surface area contributed by atoms with E-state index in [1.54, 1.807) is 6.33 Å². The maximum atomic E-state index is 4.45. The van der Waals surface area contributed by atoms with Crippen LogP contribution in [0.3, 0.4) is 0 Å². The maximum absolute atomic E-state index is 4.45. The summed E-state index contributed by atoms with van der Waals surface area (Å²) in [7, 11) is 2.20. The molecule has 0 saturated carbocycles. The lowest BCUT2D eigenvalue weighted by atomic mass is 10.1. The highest BCUT2D eigenvalue weighted by Crippen LogP contribution is 2.19. The first-order chi connectivity index (χ1) is 11.2. The molecule has 1 N–H and O–H groups in total. The molecular weight excluding hydrogens is 288 g/mol. The maximum Gasteiger partial charge on any atom is 0.134 e. The molecule has 128 valence electrons. The highest BCUT2D eigenvalue weighted by atomic mass is 15.3. The van der Waals surface area contributed by atoms with Crippen molar-refractivity contribution in [3.8, 4) is 0 Å².